The van der Waals surface area contributed by atoms with Crippen LogP contribution in [0.5, 0.6) is 0 Å². The highest BCUT2D eigenvalue weighted by molar-refractivity contribution is 7.18. The smallest absolute Gasteiger partial charge is 0.229 e. The van der Waals surface area contributed by atoms with E-state index < -0.39 is 0 Å². The Kier molecular flexibility index (Phi) is 4.20. The zero-order valence-electron chi connectivity index (χ0n) is 14.7. The molecule has 0 aliphatic carbocycles. The molecule has 1 unspecified atom stereocenters. The van der Waals surface area contributed by atoms with Gasteiger partial charge >= 0.3 is 0 Å². The van der Waals surface area contributed by atoms with Crippen LogP contribution < -0.4 is 10.2 Å². The first-order chi connectivity index (χ1) is 12.5. The number of aryl methyl sites for hydroxylation is 2. The second-order valence-electron chi connectivity index (χ2n) is 6.65. The van der Waals surface area contributed by atoms with Gasteiger partial charge in [0.05, 0.1) is 21.1 Å². The van der Waals surface area contributed by atoms with Gasteiger partial charge in [-0.3, -0.25) is 9.59 Å². The van der Waals surface area contributed by atoms with E-state index in [1.54, 1.807) is 16.2 Å². The Labute approximate surface area is 155 Å². The highest BCUT2D eigenvalue weighted by Gasteiger charge is 2.35. The largest absolute Gasteiger partial charge is 0.326 e. The van der Waals surface area contributed by atoms with Crippen LogP contribution in [0.3, 0.4) is 0 Å². The number of carbonyl (C=O) groups excluding carboxylic acids is 2. The molecule has 2 amide bonds. The van der Waals surface area contributed by atoms with Gasteiger partial charge in [0, 0.05) is 24.3 Å². The SMILES string of the molecule is Cc1cccc(NC(=O)C2CC(=O)N(c3ccc4sc(C)nc4c3)C2)c1. The molecule has 4 rings (SSSR count). The quantitative estimate of drug-likeness (QED) is 0.765. The Hall–Kier alpha value is -2.73. The van der Waals surface area contributed by atoms with Crippen LogP contribution in [0.4, 0.5) is 11.4 Å². The lowest BCUT2D eigenvalue weighted by Crippen LogP contribution is -2.28. The molecule has 6 heteroatoms. The van der Waals surface area contributed by atoms with Crippen molar-refractivity contribution in [2.75, 3.05) is 16.8 Å². The lowest BCUT2D eigenvalue weighted by atomic mass is 10.1. The Morgan fingerprint density at radius 1 is 1.23 bits per heavy atom. The molecule has 0 saturated carbocycles. The molecule has 0 radical (unpaired) electrons. The van der Waals surface area contributed by atoms with E-state index in [9.17, 15) is 9.59 Å². The van der Waals surface area contributed by atoms with Crippen LogP contribution in [0.1, 0.15) is 17.0 Å². The van der Waals surface area contributed by atoms with E-state index in [0.717, 1.165) is 32.2 Å². The Balaban J connectivity index is 1.51. The van der Waals surface area contributed by atoms with Crippen molar-refractivity contribution in [2.45, 2.75) is 20.3 Å². The van der Waals surface area contributed by atoms with Crippen LogP contribution in [-0.4, -0.2) is 23.3 Å². The van der Waals surface area contributed by atoms with Crippen LogP contribution in [0.2, 0.25) is 0 Å². The highest BCUT2D eigenvalue weighted by Crippen LogP contribution is 2.30. The summed E-state index contributed by atoms with van der Waals surface area (Å²) < 4.78 is 1.10. The van der Waals surface area contributed by atoms with Gasteiger partial charge in [-0.1, -0.05) is 12.1 Å². The third kappa shape index (κ3) is 3.20. The average molecular weight is 365 g/mol. The van der Waals surface area contributed by atoms with Crippen molar-refractivity contribution in [3.63, 3.8) is 0 Å². The van der Waals surface area contributed by atoms with Crippen LogP contribution in [0.15, 0.2) is 42.5 Å². The molecule has 1 fully saturated rings. The number of thiazole rings is 1. The fourth-order valence-corrected chi connectivity index (χ4v) is 4.11. The molecule has 1 saturated heterocycles. The van der Waals surface area contributed by atoms with Gasteiger partial charge in [0.1, 0.15) is 0 Å². The number of rotatable bonds is 3. The van der Waals surface area contributed by atoms with Crippen molar-refractivity contribution >= 4 is 44.7 Å². The number of fused-ring (bicyclic) bond motifs is 1. The first-order valence-corrected chi connectivity index (χ1v) is 9.36. The molecule has 2 heterocycles. The molecule has 5 nitrogen and oxygen atoms in total. The van der Waals surface area contributed by atoms with Crippen molar-refractivity contribution in [2.24, 2.45) is 5.92 Å². The summed E-state index contributed by atoms with van der Waals surface area (Å²) >= 11 is 1.63. The summed E-state index contributed by atoms with van der Waals surface area (Å²) in [5.41, 5.74) is 3.54. The van der Waals surface area contributed by atoms with E-state index in [1.165, 1.54) is 0 Å². The summed E-state index contributed by atoms with van der Waals surface area (Å²) in [5.74, 6) is -0.492. The van der Waals surface area contributed by atoms with Crippen molar-refractivity contribution in [3.8, 4) is 0 Å². The third-order valence-corrected chi connectivity index (χ3v) is 5.52. The van der Waals surface area contributed by atoms with Crippen molar-refractivity contribution in [3.05, 3.63) is 53.0 Å². The second-order valence-corrected chi connectivity index (χ2v) is 7.88. The van der Waals surface area contributed by atoms with E-state index in [-0.39, 0.29) is 24.2 Å². The predicted molar refractivity (Wildman–Crippen MR) is 105 cm³/mol. The maximum atomic E-state index is 12.6. The number of amides is 2. The van der Waals surface area contributed by atoms with Crippen molar-refractivity contribution in [1.82, 2.24) is 4.98 Å². The summed E-state index contributed by atoms with van der Waals surface area (Å²) in [6.45, 7) is 4.34. The predicted octanol–water partition coefficient (Wildman–Crippen LogP) is 3.90. The number of nitrogens with one attached hydrogen (secondary N) is 1. The van der Waals surface area contributed by atoms with Gasteiger partial charge in [0.15, 0.2) is 0 Å². The summed E-state index contributed by atoms with van der Waals surface area (Å²) in [4.78, 5) is 31.2. The molecule has 1 aromatic heterocycles. The lowest BCUT2D eigenvalue weighted by molar-refractivity contribution is -0.122. The molecule has 132 valence electrons. The molecule has 1 aliphatic rings. The fourth-order valence-electron chi connectivity index (χ4n) is 3.30. The van der Waals surface area contributed by atoms with Crippen molar-refractivity contribution < 1.29 is 9.59 Å². The first kappa shape index (κ1) is 16.7. The molecule has 3 aromatic rings. The number of aromatic nitrogens is 1. The minimum atomic E-state index is -0.351. The van der Waals surface area contributed by atoms with Gasteiger partial charge in [0.25, 0.3) is 0 Å². The topological polar surface area (TPSA) is 62.3 Å². The monoisotopic (exact) mass is 365 g/mol. The number of hydrogen-bond donors (Lipinski definition) is 1. The molecule has 2 aromatic carbocycles. The zero-order valence-corrected chi connectivity index (χ0v) is 15.5. The van der Waals surface area contributed by atoms with E-state index in [0.29, 0.717) is 6.54 Å². The number of anilines is 2. The standard InChI is InChI=1S/C20H19N3O2S/c1-12-4-3-5-15(8-12)22-20(25)14-9-19(24)23(11-14)16-6-7-18-17(10-16)21-13(2)26-18/h3-8,10,14H,9,11H2,1-2H3,(H,22,25). The van der Waals surface area contributed by atoms with Gasteiger partial charge in [-0.15, -0.1) is 11.3 Å². The molecule has 0 bridgehead atoms. The van der Waals surface area contributed by atoms with Crippen molar-refractivity contribution in [1.29, 1.82) is 0 Å². The van der Waals surface area contributed by atoms with E-state index in [1.807, 2.05) is 56.3 Å². The molecule has 1 aliphatic heterocycles. The molecule has 1 atom stereocenters. The minimum absolute atomic E-state index is 0.0271. The van der Waals surface area contributed by atoms with Crippen LogP contribution in [0.25, 0.3) is 10.2 Å². The number of hydrogen-bond acceptors (Lipinski definition) is 4. The zero-order chi connectivity index (χ0) is 18.3. The molecular weight excluding hydrogens is 346 g/mol. The average Bonchev–Trinajstić information content (AvgIpc) is 3.16. The van der Waals surface area contributed by atoms with Crippen LogP contribution in [-0.2, 0) is 9.59 Å². The van der Waals surface area contributed by atoms with E-state index in [4.69, 9.17) is 0 Å². The molecule has 26 heavy (non-hydrogen) atoms. The van der Waals surface area contributed by atoms with Gasteiger partial charge in [-0.05, 0) is 49.7 Å². The summed E-state index contributed by atoms with van der Waals surface area (Å²) in [6.07, 6.45) is 0.228. The maximum absolute atomic E-state index is 12.6. The summed E-state index contributed by atoms with van der Waals surface area (Å²) in [6, 6.07) is 13.5. The first-order valence-electron chi connectivity index (χ1n) is 8.55. The molecular formula is C20H19N3O2S. The van der Waals surface area contributed by atoms with E-state index in [2.05, 4.69) is 10.3 Å². The van der Waals surface area contributed by atoms with E-state index >= 15 is 0 Å². The molecule has 0 spiro atoms. The van der Waals surface area contributed by atoms with Crippen LogP contribution in [0, 0.1) is 19.8 Å². The minimum Gasteiger partial charge on any atom is -0.326 e. The summed E-state index contributed by atoms with van der Waals surface area (Å²) in [5, 5.41) is 3.92. The number of benzene rings is 2. The fraction of sp³-hybridized carbons (Fsp3) is 0.250. The summed E-state index contributed by atoms with van der Waals surface area (Å²) in [7, 11) is 0. The van der Waals surface area contributed by atoms with Gasteiger partial charge in [-0.2, -0.15) is 0 Å². The molecule has 1 N–H and O–H groups in total. The number of nitrogens with zero attached hydrogens (tertiary/aromatic N) is 2. The van der Waals surface area contributed by atoms with Gasteiger partial charge < -0.3 is 10.2 Å². The van der Waals surface area contributed by atoms with Gasteiger partial charge in [-0.25, -0.2) is 4.98 Å². The normalized spacial score (nSPS) is 17.1. The Morgan fingerprint density at radius 2 is 2.08 bits per heavy atom. The third-order valence-electron chi connectivity index (χ3n) is 4.57. The Bertz CT molecular complexity index is 1010. The maximum Gasteiger partial charge on any atom is 0.229 e. The van der Waals surface area contributed by atoms with Crippen LogP contribution >= 0.6 is 11.3 Å². The lowest BCUT2D eigenvalue weighted by Gasteiger charge is -2.16. The number of carbonyl (C=O) groups is 2. The highest BCUT2D eigenvalue weighted by atomic mass is 32.1. The second kappa shape index (κ2) is 6.53. The van der Waals surface area contributed by atoms with Gasteiger partial charge in [0.2, 0.25) is 11.8 Å². The Morgan fingerprint density at radius 3 is 2.88 bits per heavy atom.